The number of pyridine rings is 1. The summed E-state index contributed by atoms with van der Waals surface area (Å²) in [6.07, 6.45) is 6.05. The van der Waals surface area contributed by atoms with E-state index in [1.807, 2.05) is 22.9 Å². The summed E-state index contributed by atoms with van der Waals surface area (Å²) in [4.78, 5) is 11.8. The topological polar surface area (TPSA) is 93.9 Å². The Hall–Kier alpha value is -3.98. The Kier molecular flexibility index (Phi) is 7.57. The molecule has 4 aromatic rings. The number of fused-ring (bicyclic) bond motifs is 1. The lowest BCUT2D eigenvalue weighted by Crippen LogP contribution is -2.19. The molecule has 1 aliphatic rings. The Balaban J connectivity index is 0.00000141. The summed E-state index contributed by atoms with van der Waals surface area (Å²) in [5.74, 6) is 4.21. The lowest BCUT2D eigenvalue weighted by atomic mass is 10.1. The molecule has 2 N–H and O–H groups in total. The van der Waals surface area contributed by atoms with Gasteiger partial charge in [-0.2, -0.15) is 0 Å². The zero-order chi connectivity index (χ0) is 24.8. The number of aromatic nitrogens is 3. The molecule has 0 aliphatic carbocycles. The van der Waals surface area contributed by atoms with Crippen LogP contribution in [0.15, 0.2) is 55.0 Å². The second-order valence-corrected chi connectivity index (χ2v) is 7.92. The molecular formula is C26H31N5O4. The van der Waals surface area contributed by atoms with Crippen LogP contribution >= 0.6 is 0 Å². The van der Waals surface area contributed by atoms with Gasteiger partial charge in [0.15, 0.2) is 11.5 Å². The maximum Gasteiger partial charge on any atom is 0.203 e. The van der Waals surface area contributed by atoms with E-state index < -0.39 is 0 Å². The molecule has 1 aliphatic heterocycles. The summed E-state index contributed by atoms with van der Waals surface area (Å²) in [6, 6.07) is 14.2. The molecular weight excluding hydrogens is 446 g/mol. The first kappa shape index (κ1) is 24.2. The molecule has 0 atom stereocenters. The van der Waals surface area contributed by atoms with Crippen LogP contribution in [0.4, 0.5) is 17.5 Å². The molecule has 2 aromatic carbocycles. The van der Waals surface area contributed by atoms with Crippen molar-refractivity contribution in [1.29, 1.82) is 0 Å². The van der Waals surface area contributed by atoms with Gasteiger partial charge in [0.1, 0.15) is 23.8 Å². The molecule has 2 aromatic heterocycles. The normalized spacial score (nSPS) is 12.8. The Bertz CT molecular complexity index is 1260. The molecule has 0 spiro atoms. The van der Waals surface area contributed by atoms with Crippen LogP contribution in [-0.4, -0.2) is 61.2 Å². The molecule has 9 nitrogen and oxygen atoms in total. The van der Waals surface area contributed by atoms with Crippen LogP contribution in [0, 0.1) is 0 Å². The van der Waals surface area contributed by atoms with Gasteiger partial charge >= 0.3 is 0 Å². The number of ether oxygens (including phenoxy) is 3. The number of imidazole rings is 1. The van der Waals surface area contributed by atoms with Crippen LogP contribution in [0.5, 0.6) is 17.2 Å². The SMILES string of the molecule is CO.COc1cc(-n2cnc(Nc3cc4ccccc4c(N4CCCC4)n3)c2)cc(OC)c1OC. The van der Waals surface area contributed by atoms with E-state index in [1.165, 1.54) is 18.2 Å². The van der Waals surface area contributed by atoms with Crippen molar-refractivity contribution in [3.05, 3.63) is 55.0 Å². The van der Waals surface area contributed by atoms with Gasteiger partial charge in [0, 0.05) is 37.7 Å². The van der Waals surface area contributed by atoms with Gasteiger partial charge in [0.05, 0.1) is 33.2 Å². The van der Waals surface area contributed by atoms with Gasteiger partial charge in [0.25, 0.3) is 0 Å². The number of hydrogen-bond donors (Lipinski definition) is 2. The van der Waals surface area contributed by atoms with Gasteiger partial charge in [-0.3, -0.25) is 0 Å². The van der Waals surface area contributed by atoms with E-state index in [-0.39, 0.29) is 0 Å². The maximum absolute atomic E-state index is 7.00. The van der Waals surface area contributed by atoms with E-state index >= 15 is 0 Å². The zero-order valence-electron chi connectivity index (χ0n) is 20.5. The van der Waals surface area contributed by atoms with Crippen LogP contribution in [0.1, 0.15) is 12.8 Å². The fraction of sp³-hybridized carbons (Fsp3) is 0.308. The van der Waals surface area contributed by atoms with Crippen LogP contribution in [-0.2, 0) is 0 Å². The summed E-state index contributed by atoms with van der Waals surface area (Å²) in [7, 11) is 5.79. The molecule has 9 heteroatoms. The number of nitrogens with zero attached hydrogens (tertiary/aromatic N) is 4. The first-order valence-corrected chi connectivity index (χ1v) is 11.4. The Morgan fingerprint density at radius 1 is 0.886 bits per heavy atom. The third-order valence-electron chi connectivity index (χ3n) is 5.91. The summed E-state index contributed by atoms with van der Waals surface area (Å²) < 4.78 is 18.3. The first-order valence-electron chi connectivity index (χ1n) is 11.4. The Morgan fingerprint density at radius 2 is 1.57 bits per heavy atom. The molecule has 0 bridgehead atoms. The van der Waals surface area contributed by atoms with Crippen molar-refractivity contribution < 1.29 is 19.3 Å². The lowest BCUT2D eigenvalue weighted by Gasteiger charge is -2.19. The number of aliphatic hydroxyl groups excluding tert-OH is 1. The van der Waals surface area contributed by atoms with Gasteiger partial charge in [-0.15, -0.1) is 0 Å². The monoisotopic (exact) mass is 477 g/mol. The number of aliphatic hydroxyl groups is 1. The largest absolute Gasteiger partial charge is 0.493 e. The minimum Gasteiger partial charge on any atom is -0.493 e. The quantitative estimate of drug-likeness (QED) is 0.405. The van der Waals surface area contributed by atoms with Crippen molar-refractivity contribution in [3.8, 4) is 22.9 Å². The highest BCUT2D eigenvalue weighted by Gasteiger charge is 2.18. The number of nitrogens with one attached hydrogen (secondary N) is 1. The van der Waals surface area contributed by atoms with E-state index in [1.54, 1.807) is 27.7 Å². The molecule has 0 saturated carbocycles. The van der Waals surface area contributed by atoms with Crippen molar-refractivity contribution in [1.82, 2.24) is 14.5 Å². The smallest absolute Gasteiger partial charge is 0.203 e. The lowest BCUT2D eigenvalue weighted by molar-refractivity contribution is 0.324. The number of hydrogen-bond acceptors (Lipinski definition) is 8. The highest BCUT2D eigenvalue weighted by Crippen LogP contribution is 2.39. The van der Waals surface area contributed by atoms with Crippen LogP contribution < -0.4 is 24.4 Å². The fourth-order valence-corrected chi connectivity index (χ4v) is 4.29. The second kappa shape index (κ2) is 11.0. The van der Waals surface area contributed by atoms with E-state index in [0.29, 0.717) is 23.1 Å². The standard InChI is InChI=1S/C25H27N5O3.CH4O/c1-31-20-13-18(14-21(32-2)24(20)33-3)30-15-23(26-16-30)27-22-12-17-8-4-5-9-19(17)25(28-22)29-10-6-7-11-29;1-2/h4-5,8-9,12-16H,6-7,10-11H2,1-3H3,(H,27,28);2H,1H3. The summed E-state index contributed by atoms with van der Waals surface area (Å²) in [5, 5.41) is 12.7. The van der Waals surface area contributed by atoms with Crippen molar-refractivity contribution in [2.45, 2.75) is 12.8 Å². The van der Waals surface area contributed by atoms with E-state index in [0.717, 1.165) is 42.9 Å². The molecule has 5 rings (SSSR count). The average molecular weight is 478 g/mol. The van der Waals surface area contributed by atoms with Gasteiger partial charge in [-0.25, -0.2) is 9.97 Å². The summed E-state index contributed by atoms with van der Waals surface area (Å²) in [6.45, 7) is 2.08. The van der Waals surface area contributed by atoms with Gasteiger partial charge in [-0.1, -0.05) is 24.3 Å². The van der Waals surface area contributed by atoms with E-state index in [2.05, 4.69) is 45.5 Å². The number of benzene rings is 2. The van der Waals surface area contributed by atoms with E-state index in [9.17, 15) is 0 Å². The van der Waals surface area contributed by atoms with Gasteiger partial charge in [-0.05, 0) is 24.3 Å². The molecule has 3 heterocycles. The highest BCUT2D eigenvalue weighted by molar-refractivity contribution is 5.94. The predicted molar refractivity (Wildman–Crippen MR) is 138 cm³/mol. The predicted octanol–water partition coefficient (Wildman–Crippen LogP) is 4.40. The molecule has 0 unspecified atom stereocenters. The molecule has 35 heavy (non-hydrogen) atoms. The van der Waals surface area contributed by atoms with Crippen LogP contribution in [0.2, 0.25) is 0 Å². The Labute approximate surface area is 204 Å². The number of rotatable bonds is 7. The highest BCUT2D eigenvalue weighted by atomic mass is 16.5. The number of anilines is 3. The Morgan fingerprint density at radius 3 is 2.23 bits per heavy atom. The van der Waals surface area contributed by atoms with Crippen LogP contribution in [0.25, 0.3) is 16.5 Å². The van der Waals surface area contributed by atoms with Crippen LogP contribution in [0.3, 0.4) is 0 Å². The maximum atomic E-state index is 7.00. The summed E-state index contributed by atoms with van der Waals surface area (Å²) >= 11 is 0. The minimum atomic E-state index is 0.553. The molecule has 1 fully saturated rings. The van der Waals surface area contributed by atoms with E-state index in [4.69, 9.17) is 24.3 Å². The minimum absolute atomic E-state index is 0.553. The third kappa shape index (κ3) is 4.95. The van der Waals surface area contributed by atoms with Gasteiger partial charge in [0.2, 0.25) is 5.75 Å². The zero-order valence-corrected chi connectivity index (χ0v) is 20.5. The fourth-order valence-electron chi connectivity index (χ4n) is 4.29. The average Bonchev–Trinajstić information content (AvgIpc) is 3.61. The van der Waals surface area contributed by atoms with Crippen molar-refractivity contribution >= 4 is 28.2 Å². The molecule has 0 radical (unpaired) electrons. The molecule has 184 valence electrons. The van der Waals surface area contributed by atoms with Crippen molar-refractivity contribution in [3.63, 3.8) is 0 Å². The molecule has 0 amide bonds. The third-order valence-corrected chi connectivity index (χ3v) is 5.91. The van der Waals surface area contributed by atoms with Crippen molar-refractivity contribution in [2.24, 2.45) is 0 Å². The molecule has 1 saturated heterocycles. The first-order chi connectivity index (χ1) is 17.2. The number of methoxy groups -OCH3 is 3. The van der Waals surface area contributed by atoms with Gasteiger partial charge < -0.3 is 34.1 Å². The second-order valence-electron chi connectivity index (χ2n) is 7.92. The van der Waals surface area contributed by atoms with Crippen molar-refractivity contribution in [2.75, 3.05) is 51.7 Å². The summed E-state index contributed by atoms with van der Waals surface area (Å²) in [5.41, 5.74) is 0.842.